The van der Waals surface area contributed by atoms with Crippen LogP contribution in [0.3, 0.4) is 0 Å². The second-order valence-electron chi connectivity index (χ2n) is 4.27. The number of methoxy groups -OCH3 is 1. The number of benzene rings is 1. The van der Waals surface area contributed by atoms with Crippen molar-refractivity contribution in [2.75, 3.05) is 20.2 Å². The van der Waals surface area contributed by atoms with Gasteiger partial charge >= 0.3 is 0 Å². The van der Waals surface area contributed by atoms with Gasteiger partial charge in [0, 0.05) is 5.92 Å². The molecule has 92 valence electrons. The third-order valence-corrected chi connectivity index (χ3v) is 3.18. The van der Waals surface area contributed by atoms with Crippen LogP contribution in [0.15, 0.2) is 18.2 Å². The van der Waals surface area contributed by atoms with Crippen molar-refractivity contribution in [1.29, 1.82) is 0 Å². The van der Waals surface area contributed by atoms with Gasteiger partial charge in [0.1, 0.15) is 11.5 Å². The number of carbonyl (C=O) groups is 1. The van der Waals surface area contributed by atoms with E-state index in [2.05, 4.69) is 5.32 Å². The molecule has 2 rings (SSSR count). The summed E-state index contributed by atoms with van der Waals surface area (Å²) in [5.41, 5.74) is 0.372. The minimum absolute atomic E-state index is 0.00857. The van der Waals surface area contributed by atoms with Crippen molar-refractivity contribution in [3.05, 3.63) is 23.8 Å². The molecule has 1 heterocycles. The summed E-state index contributed by atoms with van der Waals surface area (Å²) in [6, 6.07) is 4.77. The summed E-state index contributed by atoms with van der Waals surface area (Å²) >= 11 is 0. The number of Topliss-reactive ketones (excluding diaryl/α,β-unsaturated/α-hetero) is 1. The van der Waals surface area contributed by atoms with Gasteiger partial charge in [0.2, 0.25) is 0 Å². The maximum atomic E-state index is 12.2. The predicted molar refractivity (Wildman–Crippen MR) is 64.6 cm³/mol. The Morgan fingerprint density at radius 1 is 1.41 bits per heavy atom. The topological polar surface area (TPSA) is 58.6 Å². The van der Waals surface area contributed by atoms with Crippen LogP contribution in [-0.4, -0.2) is 31.1 Å². The molecule has 0 amide bonds. The molecule has 4 heteroatoms. The van der Waals surface area contributed by atoms with Crippen molar-refractivity contribution in [2.24, 2.45) is 5.92 Å². The summed E-state index contributed by atoms with van der Waals surface area (Å²) in [7, 11) is 1.55. The Labute approximate surface area is 101 Å². The molecule has 4 nitrogen and oxygen atoms in total. The number of nitrogens with one attached hydrogen (secondary N) is 1. The fourth-order valence-corrected chi connectivity index (χ4v) is 2.14. The average Bonchev–Trinajstić information content (AvgIpc) is 2.39. The lowest BCUT2D eigenvalue weighted by molar-refractivity contribution is 0.0892. The molecule has 0 aliphatic carbocycles. The quantitative estimate of drug-likeness (QED) is 0.781. The van der Waals surface area contributed by atoms with Crippen LogP contribution in [0.2, 0.25) is 0 Å². The standard InChI is InChI=1S/C13H17NO3/c1-17-10-2-3-12(15)11(8-10)13(16)9-4-6-14-7-5-9/h2-3,8-9,14-15H,4-7H2,1H3. The molecule has 1 aromatic carbocycles. The maximum Gasteiger partial charge on any atom is 0.169 e. The zero-order chi connectivity index (χ0) is 12.3. The lowest BCUT2D eigenvalue weighted by atomic mass is 9.89. The highest BCUT2D eigenvalue weighted by Gasteiger charge is 2.24. The van der Waals surface area contributed by atoms with Crippen molar-refractivity contribution in [3.8, 4) is 11.5 Å². The molecule has 2 N–H and O–H groups in total. The van der Waals surface area contributed by atoms with Gasteiger partial charge in [-0.3, -0.25) is 4.79 Å². The summed E-state index contributed by atoms with van der Waals surface area (Å²) in [5.74, 6) is 0.659. The number of rotatable bonds is 3. The first-order valence-corrected chi connectivity index (χ1v) is 5.84. The van der Waals surface area contributed by atoms with Crippen molar-refractivity contribution in [2.45, 2.75) is 12.8 Å². The lowest BCUT2D eigenvalue weighted by Gasteiger charge is -2.21. The second kappa shape index (κ2) is 5.19. The summed E-state index contributed by atoms with van der Waals surface area (Å²) in [4.78, 5) is 12.2. The number of phenolic OH excluding ortho intramolecular Hbond substituents is 1. The molecule has 0 aromatic heterocycles. The molecule has 1 fully saturated rings. The van der Waals surface area contributed by atoms with Crippen LogP contribution >= 0.6 is 0 Å². The Balaban J connectivity index is 2.22. The van der Waals surface area contributed by atoms with Crippen LogP contribution < -0.4 is 10.1 Å². The maximum absolute atomic E-state index is 12.2. The van der Waals surface area contributed by atoms with Crippen molar-refractivity contribution in [3.63, 3.8) is 0 Å². The summed E-state index contributed by atoms with van der Waals surface area (Å²) in [6.07, 6.45) is 1.66. The van der Waals surface area contributed by atoms with Gasteiger partial charge in [-0.1, -0.05) is 0 Å². The van der Waals surface area contributed by atoms with Crippen LogP contribution in [0.1, 0.15) is 23.2 Å². The molecule has 1 aliphatic heterocycles. The van der Waals surface area contributed by atoms with Gasteiger partial charge in [-0.05, 0) is 44.1 Å². The summed E-state index contributed by atoms with van der Waals surface area (Å²) in [6.45, 7) is 1.72. The second-order valence-corrected chi connectivity index (χ2v) is 4.27. The number of hydrogen-bond donors (Lipinski definition) is 2. The molecular weight excluding hydrogens is 218 g/mol. The van der Waals surface area contributed by atoms with Gasteiger partial charge in [0.15, 0.2) is 5.78 Å². The van der Waals surface area contributed by atoms with Crippen LogP contribution in [-0.2, 0) is 0 Å². The third-order valence-electron chi connectivity index (χ3n) is 3.18. The van der Waals surface area contributed by atoms with E-state index < -0.39 is 0 Å². The zero-order valence-electron chi connectivity index (χ0n) is 9.90. The fraction of sp³-hybridized carbons (Fsp3) is 0.462. The molecule has 0 radical (unpaired) electrons. The van der Waals surface area contributed by atoms with Crippen molar-refractivity contribution >= 4 is 5.78 Å². The average molecular weight is 235 g/mol. The highest BCUT2D eigenvalue weighted by Crippen LogP contribution is 2.27. The number of ether oxygens (including phenoxy) is 1. The highest BCUT2D eigenvalue weighted by atomic mass is 16.5. The Hall–Kier alpha value is -1.55. The molecule has 0 spiro atoms. The van der Waals surface area contributed by atoms with Gasteiger partial charge in [0.25, 0.3) is 0 Å². The molecule has 1 saturated heterocycles. The van der Waals surface area contributed by atoms with Crippen LogP contribution in [0.5, 0.6) is 11.5 Å². The smallest absolute Gasteiger partial charge is 0.169 e. The van der Waals surface area contributed by atoms with Gasteiger partial charge < -0.3 is 15.2 Å². The predicted octanol–water partition coefficient (Wildman–Crippen LogP) is 1.58. The highest BCUT2D eigenvalue weighted by molar-refractivity contribution is 6.00. The van der Waals surface area contributed by atoms with E-state index in [9.17, 15) is 9.90 Å². The SMILES string of the molecule is COc1ccc(O)c(C(=O)C2CCNCC2)c1. The van der Waals surface area contributed by atoms with Gasteiger partial charge in [-0.2, -0.15) is 0 Å². The number of carbonyl (C=O) groups excluding carboxylic acids is 1. The normalized spacial score (nSPS) is 16.8. The van der Waals surface area contributed by atoms with E-state index in [0.717, 1.165) is 25.9 Å². The molecular formula is C13H17NO3. The number of aromatic hydroxyl groups is 1. The van der Waals surface area contributed by atoms with E-state index in [0.29, 0.717) is 11.3 Å². The number of phenols is 1. The number of ketones is 1. The van der Waals surface area contributed by atoms with Crippen LogP contribution in [0.25, 0.3) is 0 Å². The fourth-order valence-electron chi connectivity index (χ4n) is 2.14. The van der Waals surface area contributed by atoms with E-state index in [1.807, 2.05) is 0 Å². The minimum atomic E-state index is 0.00857. The third kappa shape index (κ3) is 2.58. The molecule has 1 aliphatic rings. The van der Waals surface area contributed by atoms with E-state index in [1.54, 1.807) is 19.2 Å². The van der Waals surface area contributed by atoms with Gasteiger partial charge in [-0.15, -0.1) is 0 Å². The van der Waals surface area contributed by atoms with Gasteiger partial charge in [-0.25, -0.2) is 0 Å². The number of hydrogen-bond acceptors (Lipinski definition) is 4. The summed E-state index contributed by atoms with van der Waals surface area (Å²) < 4.78 is 5.07. The van der Waals surface area contributed by atoms with Gasteiger partial charge in [0.05, 0.1) is 12.7 Å². The van der Waals surface area contributed by atoms with Crippen molar-refractivity contribution < 1.29 is 14.6 Å². The van der Waals surface area contributed by atoms with E-state index >= 15 is 0 Å². The Morgan fingerprint density at radius 2 is 2.12 bits per heavy atom. The molecule has 0 unspecified atom stereocenters. The number of piperidine rings is 1. The van der Waals surface area contributed by atoms with E-state index in [4.69, 9.17) is 4.74 Å². The molecule has 0 bridgehead atoms. The first-order chi connectivity index (χ1) is 8.22. The van der Waals surface area contributed by atoms with Crippen LogP contribution in [0.4, 0.5) is 0 Å². The monoisotopic (exact) mass is 235 g/mol. The zero-order valence-corrected chi connectivity index (χ0v) is 9.90. The molecule has 0 saturated carbocycles. The van der Waals surface area contributed by atoms with Crippen LogP contribution in [0, 0.1) is 5.92 Å². The first kappa shape index (κ1) is 11.9. The van der Waals surface area contributed by atoms with E-state index in [-0.39, 0.29) is 17.5 Å². The largest absolute Gasteiger partial charge is 0.507 e. The molecule has 0 atom stereocenters. The summed E-state index contributed by atoms with van der Waals surface area (Å²) in [5, 5.41) is 13.0. The Bertz CT molecular complexity index is 411. The Morgan fingerprint density at radius 3 is 2.76 bits per heavy atom. The minimum Gasteiger partial charge on any atom is -0.507 e. The first-order valence-electron chi connectivity index (χ1n) is 5.84. The lowest BCUT2D eigenvalue weighted by Crippen LogP contribution is -2.31. The molecule has 1 aromatic rings. The van der Waals surface area contributed by atoms with Crippen molar-refractivity contribution in [1.82, 2.24) is 5.32 Å². The van der Waals surface area contributed by atoms with E-state index in [1.165, 1.54) is 6.07 Å². The molecule has 17 heavy (non-hydrogen) atoms. The Kier molecular flexibility index (Phi) is 3.64.